The summed E-state index contributed by atoms with van der Waals surface area (Å²) in [4.78, 5) is 0. The molecular formula is C14H20FNO2. The first kappa shape index (κ1) is 13.3. The van der Waals surface area contributed by atoms with E-state index in [-0.39, 0.29) is 18.0 Å². The topological polar surface area (TPSA) is 30.5 Å². The largest absolute Gasteiger partial charge is 0.487 e. The van der Waals surface area contributed by atoms with E-state index in [0.29, 0.717) is 11.8 Å². The lowest BCUT2D eigenvalue weighted by Gasteiger charge is -2.43. The van der Waals surface area contributed by atoms with Crippen molar-refractivity contribution in [3.05, 3.63) is 29.6 Å². The molecule has 1 aliphatic carbocycles. The Bertz CT molecular complexity index is 411. The Morgan fingerprint density at radius 3 is 2.89 bits per heavy atom. The van der Waals surface area contributed by atoms with Crippen LogP contribution < -0.4 is 10.1 Å². The highest BCUT2D eigenvalue weighted by molar-refractivity contribution is 5.33. The molecule has 0 heterocycles. The van der Waals surface area contributed by atoms with Crippen LogP contribution in [0.3, 0.4) is 0 Å². The standard InChI is InChI=1S/C14H20FNO2/c1-4-16-11-8-13(14(11)17-3)18-12-7-10(15)6-5-9(12)2/h5-7,11,13-14,16H,4,8H2,1-3H3. The molecule has 1 aliphatic rings. The number of methoxy groups -OCH3 is 1. The van der Waals surface area contributed by atoms with Crippen molar-refractivity contribution in [1.82, 2.24) is 5.32 Å². The van der Waals surface area contributed by atoms with E-state index in [1.54, 1.807) is 13.2 Å². The highest BCUT2D eigenvalue weighted by Gasteiger charge is 2.42. The minimum atomic E-state index is -0.271. The second-order valence-electron chi connectivity index (χ2n) is 4.67. The first-order valence-electron chi connectivity index (χ1n) is 6.34. The minimum absolute atomic E-state index is 0.000417. The quantitative estimate of drug-likeness (QED) is 0.873. The summed E-state index contributed by atoms with van der Waals surface area (Å²) in [5.74, 6) is 0.337. The van der Waals surface area contributed by atoms with Crippen LogP contribution in [0.1, 0.15) is 18.9 Å². The normalized spacial score (nSPS) is 26.8. The number of hydrogen-bond donors (Lipinski definition) is 1. The summed E-state index contributed by atoms with van der Waals surface area (Å²) < 4.78 is 24.4. The summed E-state index contributed by atoms with van der Waals surface area (Å²) in [7, 11) is 1.68. The molecule has 0 amide bonds. The molecule has 1 aromatic carbocycles. The average molecular weight is 253 g/mol. The van der Waals surface area contributed by atoms with Crippen molar-refractivity contribution in [3.63, 3.8) is 0 Å². The first-order valence-corrected chi connectivity index (χ1v) is 6.34. The number of benzene rings is 1. The molecule has 2 rings (SSSR count). The van der Waals surface area contributed by atoms with Gasteiger partial charge in [0, 0.05) is 25.6 Å². The average Bonchev–Trinajstić information content (AvgIpc) is 2.32. The molecule has 1 aromatic rings. The van der Waals surface area contributed by atoms with Crippen LogP contribution in [0.4, 0.5) is 4.39 Å². The van der Waals surface area contributed by atoms with E-state index in [2.05, 4.69) is 12.2 Å². The van der Waals surface area contributed by atoms with Crippen LogP contribution in [0.5, 0.6) is 5.75 Å². The van der Waals surface area contributed by atoms with E-state index in [9.17, 15) is 4.39 Å². The van der Waals surface area contributed by atoms with E-state index in [4.69, 9.17) is 9.47 Å². The molecule has 3 nitrogen and oxygen atoms in total. The van der Waals surface area contributed by atoms with Crippen molar-refractivity contribution in [2.45, 2.75) is 38.5 Å². The molecule has 1 N–H and O–H groups in total. The number of hydrogen-bond acceptors (Lipinski definition) is 3. The zero-order valence-corrected chi connectivity index (χ0v) is 11.1. The van der Waals surface area contributed by atoms with Crippen LogP contribution in [0.25, 0.3) is 0 Å². The number of ether oxygens (including phenoxy) is 2. The van der Waals surface area contributed by atoms with E-state index < -0.39 is 0 Å². The van der Waals surface area contributed by atoms with Crippen LogP contribution in [0.2, 0.25) is 0 Å². The summed E-state index contributed by atoms with van der Waals surface area (Å²) >= 11 is 0. The third-order valence-electron chi connectivity index (χ3n) is 3.42. The first-order chi connectivity index (χ1) is 8.65. The Kier molecular flexibility index (Phi) is 4.19. The van der Waals surface area contributed by atoms with E-state index in [1.165, 1.54) is 12.1 Å². The summed E-state index contributed by atoms with van der Waals surface area (Å²) in [5, 5.41) is 3.35. The van der Waals surface area contributed by atoms with Crippen molar-refractivity contribution >= 4 is 0 Å². The van der Waals surface area contributed by atoms with Gasteiger partial charge in [0.05, 0.1) is 0 Å². The fourth-order valence-electron chi connectivity index (χ4n) is 2.34. The minimum Gasteiger partial charge on any atom is -0.487 e. The van der Waals surface area contributed by atoms with Crippen LogP contribution >= 0.6 is 0 Å². The molecule has 0 aliphatic heterocycles. The second kappa shape index (κ2) is 5.67. The molecule has 0 saturated heterocycles. The van der Waals surface area contributed by atoms with Crippen molar-refractivity contribution in [1.29, 1.82) is 0 Å². The van der Waals surface area contributed by atoms with Gasteiger partial charge in [-0.3, -0.25) is 0 Å². The van der Waals surface area contributed by atoms with Gasteiger partial charge in [-0.15, -0.1) is 0 Å². The number of halogens is 1. The van der Waals surface area contributed by atoms with E-state index in [1.807, 2.05) is 6.92 Å². The maximum Gasteiger partial charge on any atom is 0.128 e. The Morgan fingerprint density at radius 2 is 2.22 bits per heavy atom. The van der Waals surface area contributed by atoms with Crippen LogP contribution in [0.15, 0.2) is 18.2 Å². The predicted octanol–water partition coefficient (Wildman–Crippen LogP) is 2.28. The van der Waals surface area contributed by atoms with Crippen molar-refractivity contribution in [2.24, 2.45) is 0 Å². The van der Waals surface area contributed by atoms with E-state index in [0.717, 1.165) is 18.5 Å². The Balaban J connectivity index is 2.00. The maximum absolute atomic E-state index is 13.2. The van der Waals surface area contributed by atoms with Crippen molar-refractivity contribution < 1.29 is 13.9 Å². The molecule has 18 heavy (non-hydrogen) atoms. The fourth-order valence-corrected chi connectivity index (χ4v) is 2.34. The van der Waals surface area contributed by atoms with Gasteiger partial charge in [-0.1, -0.05) is 13.0 Å². The van der Waals surface area contributed by atoms with E-state index >= 15 is 0 Å². The van der Waals surface area contributed by atoms with Gasteiger partial charge >= 0.3 is 0 Å². The molecule has 3 unspecified atom stereocenters. The predicted molar refractivity (Wildman–Crippen MR) is 68.4 cm³/mol. The zero-order chi connectivity index (χ0) is 13.1. The molecule has 3 atom stereocenters. The highest BCUT2D eigenvalue weighted by atomic mass is 19.1. The molecule has 1 saturated carbocycles. The molecule has 0 bridgehead atoms. The van der Waals surface area contributed by atoms with Gasteiger partial charge in [-0.25, -0.2) is 4.39 Å². The number of rotatable bonds is 5. The van der Waals surface area contributed by atoms with Gasteiger partial charge in [0.1, 0.15) is 23.8 Å². The van der Waals surface area contributed by atoms with Crippen LogP contribution in [-0.2, 0) is 4.74 Å². The smallest absolute Gasteiger partial charge is 0.128 e. The fraction of sp³-hybridized carbons (Fsp3) is 0.571. The molecule has 100 valence electrons. The van der Waals surface area contributed by atoms with Gasteiger partial charge in [0.25, 0.3) is 0 Å². The Hall–Kier alpha value is -1.13. The number of nitrogens with one attached hydrogen (secondary N) is 1. The highest BCUT2D eigenvalue weighted by Crippen LogP contribution is 2.30. The number of aryl methyl sites for hydroxylation is 1. The summed E-state index contributed by atoms with van der Waals surface area (Å²) in [6, 6.07) is 4.94. The van der Waals surface area contributed by atoms with Gasteiger partial charge in [-0.05, 0) is 25.1 Å². The van der Waals surface area contributed by atoms with Gasteiger partial charge < -0.3 is 14.8 Å². The molecule has 0 spiro atoms. The van der Waals surface area contributed by atoms with Gasteiger partial charge in [-0.2, -0.15) is 0 Å². The van der Waals surface area contributed by atoms with Crippen LogP contribution in [0, 0.1) is 12.7 Å². The molecule has 1 fully saturated rings. The molecule has 0 radical (unpaired) electrons. The van der Waals surface area contributed by atoms with Gasteiger partial charge in [0.2, 0.25) is 0 Å². The van der Waals surface area contributed by atoms with Crippen molar-refractivity contribution in [3.8, 4) is 5.75 Å². The Morgan fingerprint density at radius 1 is 1.44 bits per heavy atom. The summed E-state index contributed by atoms with van der Waals surface area (Å²) in [6.07, 6.45) is 0.926. The second-order valence-corrected chi connectivity index (χ2v) is 4.67. The van der Waals surface area contributed by atoms with Crippen LogP contribution in [-0.4, -0.2) is 31.9 Å². The SMILES string of the molecule is CCNC1CC(Oc2cc(F)ccc2C)C1OC. The lowest BCUT2D eigenvalue weighted by atomic mass is 9.85. The summed E-state index contributed by atoms with van der Waals surface area (Å²) in [6.45, 7) is 4.89. The lowest BCUT2D eigenvalue weighted by molar-refractivity contribution is -0.0886. The monoisotopic (exact) mass is 253 g/mol. The molecule has 0 aromatic heterocycles. The Labute approximate surface area is 107 Å². The summed E-state index contributed by atoms with van der Waals surface area (Å²) in [5.41, 5.74) is 0.943. The van der Waals surface area contributed by atoms with Crippen molar-refractivity contribution in [2.75, 3.05) is 13.7 Å². The lowest BCUT2D eigenvalue weighted by Crippen LogP contribution is -2.60. The van der Waals surface area contributed by atoms with Gasteiger partial charge in [0.15, 0.2) is 0 Å². The molecular weight excluding hydrogens is 233 g/mol. The molecule has 4 heteroatoms. The third-order valence-corrected chi connectivity index (χ3v) is 3.42. The number of likely N-dealkylation sites (N-methyl/N-ethyl adjacent to an activating group) is 1. The maximum atomic E-state index is 13.2. The third kappa shape index (κ3) is 2.65. The zero-order valence-electron chi connectivity index (χ0n) is 11.1.